The molecule has 1 aliphatic heterocycles. The molecule has 0 atom stereocenters. The Morgan fingerprint density at radius 2 is 0.800 bits per heavy atom. The van der Waals surface area contributed by atoms with Crippen LogP contribution in [-0.2, 0) is 33.4 Å². The zero-order valence-corrected chi connectivity index (χ0v) is 54.7. The summed E-state index contributed by atoms with van der Waals surface area (Å²) in [6.45, 7) is 7.72. The first kappa shape index (κ1) is 75.1. The number of likely N-dealkylation sites (tertiary alicyclic amines) is 1. The minimum atomic E-state index is -1.48. The molecule has 0 radical (unpaired) electrons. The summed E-state index contributed by atoms with van der Waals surface area (Å²) >= 11 is 0. The van der Waals surface area contributed by atoms with E-state index in [0.29, 0.717) is 44.5 Å². The molecule has 1 aromatic carbocycles. The number of hydrogen-bond donors (Lipinski definition) is 1. The van der Waals surface area contributed by atoms with Gasteiger partial charge in [0.15, 0.2) is 5.58 Å². The molecule has 0 unspecified atom stereocenters. The molecule has 2 aromatic rings. The number of nitrogens with one attached hydrogen (secondary N) is 1. The number of unbranched alkanes of at least 4 members (excludes halogenated alkanes) is 36. The molecule has 0 bridgehead atoms. The van der Waals surface area contributed by atoms with E-state index < -0.39 is 17.5 Å². The SMILES string of the molecule is CCCCCCCC/C=C\CCCCCCCC(=O)OCC(COC(=O)CCCCCCC/C=C\CCCCCCCC)(COC(=O)CCCCCCCCCCCCCCCCC)NC(=O)CCN1CCC(n2c(=O)oc3ccccc32)CC1. The van der Waals surface area contributed by atoms with Crippen LogP contribution in [0.2, 0.25) is 0 Å². The van der Waals surface area contributed by atoms with Crippen LogP contribution in [0, 0.1) is 0 Å². The molecule has 2 heterocycles. The van der Waals surface area contributed by atoms with Crippen molar-refractivity contribution in [2.75, 3.05) is 39.5 Å². The van der Waals surface area contributed by atoms with Crippen LogP contribution >= 0.6 is 0 Å². The number of carbonyl (C=O) groups excluding carboxylic acids is 4. The number of carbonyl (C=O) groups is 4. The van der Waals surface area contributed by atoms with Crippen molar-refractivity contribution in [1.29, 1.82) is 0 Å². The highest BCUT2D eigenvalue weighted by Crippen LogP contribution is 2.26. The Morgan fingerprint density at radius 3 is 1.16 bits per heavy atom. The Bertz CT molecular complexity index is 2030. The number of esters is 3. The number of oxazole rings is 1. The lowest BCUT2D eigenvalue weighted by atomic mass is 10.0. The van der Waals surface area contributed by atoms with Crippen LogP contribution in [0.4, 0.5) is 0 Å². The van der Waals surface area contributed by atoms with Crippen LogP contribution in [-0.4, -0.2) is 78.3 Å². The molecule has 0 spiro atoms. The minimum Gasteiger partial charge on any atom is -0.463 e. The van der Waals surface area contributed by atoms with Gasteiger partial charge in [-0.25, -0.2) is 4.79 Å². The van der Waals surface area contributed by atoms with Crippen molar-refractivity contribution in [3.8, 4) is 0 Å². The maximum atomic E-state index is 14.1. The van der Waals surface area contributed by atoms with Crippen molar-refractivity contribution in [3.63, 3.8) is 0 Å². The van der Waals surface area contributed by atoms with Gasteiger partial charge in [0.2, 0.25) is 5.91 Å². The Balaban J connectivity index is 1.57. The minimum absolute atomic E-state index is 0.0131. The first-order valence-corrected chi connectivity index (χ1v) is 35.6. The Morgan fingerprint density at radius 1 is 0.471 bits per heavy atom. The number of piperidine rings is 1. The van der Waals surface area contributed by atoms with Crippen molar-refractivity contribution >= 4 is 34.9 Å². The van der Waals surface area contributed by atoms with E-state index in [-0.39, 0.29) is 69.2 Å². The highest BCUT2D eigenvalue weighted by atomic mass is 16.6. The zero-order chi connectivity index (χ0) is 60.9. The molecule has 12 heteroatoms. The van der Waals surface area contributed by atoms with Gasteiger partial charge in [0.25, 0.3) is 0 Å². The van der Waals surface area contributed by atoms with Gasteiger partial charge in [-0.1, -0.05) is 250 Å². The second-order valence-corrected chi connectivity index (χ2v) is 25.2. The lowest BCUT2D eigenvalue weighted by molar-refractivity contribution is -0.159. The Hall–Kier alpha value is -4.19. The molecule has 486 valence electrons. The summed E-state index contributed by atoms with van der Waals surface area (Å²) in [4.78, 5) is 69.6. The van der Waals surface area contributed by atoms with Gasteiger partial charge in [-0.3, -0.25) is 23.7 Å². The number of aromatic nitrogens is 1. The summed E-state index contributed by atoms with van der Waals surface area (Å²) in [5.74, 6) is -1.86. The maximum absolute atomic E-state index is 14.1. The number of fused-ring (bicyclic) bond motifs is 1. The lowest BCUT2D eigenvalue weighted by Gasteiger charge is -2.34. The normalized spacial score (nSPS) is 13.4. The number of benzene rings is 1. The third kappa shape index (κ3) is 38.7. The predicted molar refractivity (Wildman–Crippen MR) is 352 cm³/mol. The van der Waals surface area contributed by atoms with E-state index in [1.165, 1.54) is 148 Å². The number of para-hydroxylation sites is 2. The van der Waals surface area contributed by atoms with Gasteiger partial charge in [0, 0.05) is 51.4 Å². The van der Waals surface area contributed by atoms with E-state index in [4.69, 9.17) is 18.6 Å². The predicted octanol–water partition coefficient (Wildman–Crippen LogP) is 19.4. The van der Waals surface area contributed by atoms with Crippen LogP contribution in [0.1, 0.15) is 329 Å². The van der Waals surface area contributed by atoms with Gasteiger partial charge in [0.05, 0.1) is 5.52 Å². The largest absolute Gasteiger partial charge is 0.463 e. The summed E-state index contributed by atoms with van der Waals surface area (Å²) in [6, 6.07) is 7.48. The fraction of sp³-hybridized carbons (Fsp3) is 0.795. The number of allylic oxidation sites excluding steroid dienone is 4. The highest BCUT2D eigenvalue weighted by molar-refractivity contribution is 5.78. The van der Waals surface area contributed by atoms with Crippen molar-refractivity contribution in [2.45, 2.75) is 334 Å². The van der Waals surface area contributed by atoms with E-state index in [2.05, 4.69) is 55.3 Å². The van der Waals surface area contributed by atoms with Crippen LogP contribution in [0.3, 0.4) is 0 Å². The zero-order valence-electron chi connectivity index (χ0n) is 54.7. The van der Waals surface area contributed by atoms with E-state index in [1.807, 2.05) is 24.3 Å². The van der Waals surface area contributed by atoms with E-state index in [0.717, 1.165) is 115 Å². The molecular weight excluding hydrogens is 1060 g/mol. The Labute approximate surface area is 517 Å². The topological polar surface area (TPSA) is 146 Å². The third-order valence-corrected chi connectivity index (χ3v) is 17.3. The van der Waals surface area contributed by atoms with E-state index in [9.17, 15) is 24.0 Å². The second kappa shape index (κ2) is 51.8. The van der Waals surface area contributed by atoms with Crippen LogP contribution < -0.4 is 11.1 Å². The molecule has 3 rings (SSSR count). The summed E-state index contributed by atoms with van der Waals surface area (Å²) in [6.07, 6.45) is 60.1. The molecule has 1 aromatic heterocycles. The fourth-order valence-corrected chi connectivity index (χ4v) is 11.8. The van der Waals surface area contributed by atoms with Gasteiger partial charge >= 0.3 is 23.7 Å². The summed E-state index contributed by atoms with van der Waals surface area (Å²) in [7, 11) is 0. The maximum Gasteiger partial charge on any atom is 0.420 e. The average Bonchev–Trinajstić information content (AvgIpc) is 3.27. The lowest BCUT2D eigenvalue weighted by Crippen LogP contribution is -2.59. The third-order valence-electron chi connectivity index (χ3n) is 17.3. The number of hydrogen-bond acceptors (Lipinski definition) is 10. The van der Waals surface area contributed by atoms with Crippen molar-refractivity contribution in [1.82, 2.24) is 14.8 Å². The van der Waals surface area contributed by atoms with Gasteiger partial charge in [0.1, 0.15) is 25.4 Å². The van der Waals surface area contributed by atoms with Gasteiger partial charge < -0.3 is 28.8 Å². The standard InChI is InChI=1S/C73H125N3O9/c1-4-7-10-13-16-19-22-25-28-31-34-37-40-43-46-53-69(78)82-62-73(63-83-70(79)54-47-44-41-38-35-32-29-26-23-20-17-14-11-8-5-2,64-84-71(80)55-48-45-42-39-36-33-30-27-24-21-18-15-12-9-6-3)74-68(77)58-61-75-59-56-65(57-60-75)76-66-51-49-50-52-67(66)85-72(76)81/h25-26,28-29,49-52,65H,4-24,27,30-48,53-64H2,1-3H3,(H,74,77)/b28-25-,29-26-. The number of nitrogens with zero attached hydrogens (tertiary/aromatic N) is 2. The molecular formula is C73H125N3O9. The molecule has 85 heavy (non-hydrogen) atoms. The average molecular weight is 1190 g/mol. The van der Waals surface area contributed by atoms with Gasteiger partial charge in [-0.15, -0.1) is 0 Å². The first-order valence-electron chi connectivity index (χ1n) is 35.6. The van der Waals surface area contributed by atoms with Crippen molar-refractivity contribution in [2.24, 2.45) is 0 Å². The number of ether oxygens (including phenoxy) is 3. The smallest absolute Gasteiger partial charge is 0.420 e. The molecule has 1 aliphatic rings. The molecule has 1 amide bonds. The van der Waals surface area contributed by atoms with Gasteiger partial charge in [-0.2, -0.15) is 0 Å². The fourth-order valence-electron chi connectivity index (χ4n) is 11.8. The van der Waals surface area contributed by atoms with E-state index in [1.54, 1.807) is 4.57 Å². The second-order valence-electron chi connectivity index (χ2n) is 25.2. The van der Waals surface area contributed by atoms with Crippen LogP contribution in [0.15, 0.2) is 57.8 Å². The number of rotatable bonds is 57. The first-order chi connectivity index (χ1) is 41.7. The van der Waals surface area contributed by atoms with Crippen molar-refractivity contribution in [3.05, 3.63) is 59.1 Å². The summed E-state index contributed by atoms with van der Waals surface area (Å²) < 4.78 is 25.2. The summed E-state index contributed by atoms with van der Waals surface area (Å²) in [5, 5.41) is 3.09. The van der Waals surface area contributed by atoms with Crippen LogP contribution in [0.25, 0.3) is 11.1 Å². The molecule has 1 N–H and O–H groups in total. The quantitative estimate of drug-likeness (QED) is 0.0294. The summed E-state index contributed by atoms with van der Waals surface area (Å²) in [5.41, 5.74) is -0.110. The van der Waals surface area contributed by atoms with Crippen molar-refractivity contribution < 1.29 is 37.8 Å². The van der Waals surface area contributed by atoms with Gasteiger partial charge in [-0.05, 0) is 95.6 Å². The molecule has 12 nitrogen and oxygen atoms in total. The van der Waals surface area contributed by atoms with Crippen LogP contribution in [0.5, 0.6) is 0 Å². The molecule has 0 saturated carbocycles. The molecule has 1 saturated heterocycles. The molecule has 0 aliphatic carbocycles. The number of amides is 1. The monoisotopic (exact) mass is 1190 g/mol. The molecule has 1 fully saturated rings. The van der Waals surface area contributed by atoms with E-state index >= 15 is 0 Å². The highest BCUT2D eigenvalue weighted by Gasteiger charge is 2.38. The Kier molecular flexibility index (Phi) is 45.8.